The highest BCUT2D eigenvalue weighted by molar-refractivity contribution is 7.10. The molecule has 0 bridgehead atoms. The molecule has 4 aliphatic carbocycles. The Bertz CT molecular complexity index is 7600. The first-order chi connectivity index (χ1) is 72.0. The van der Waals surface area contributed by atoms with Gasteiger partial charge in [-0.05, 0) is 320 Å². The van der Waals surface area contributed by atoms with E-state index >= 15 is 0 Å². The Balaban J connectivity index is 0.000000130. The molecule has 0 amide bonds. The van der Waals surface area contributed by atoms with Gasteiger partial charge in [0.25, 0.3) is 0 Å². The van der Waals surface area contributed by atoms with E-state index in [4.69, 9.17) is 4.42 Å². The summed E-state index contributed by atoms with van der Waals surface area (Å²) < 4.78 is 5.09. The van der Waals surface area contributed by atoms with Gasteiger partial charge >= 0.3 is 0 Å². The van der Waals surface area contributed by atoms with Crippen LogP contribution in [-0.4, -0.2) is 0 Å². The maximum Gasteiger partial charge on any atom is 0.106 e. The van der Waals surface area contributed by atoms with Gasteiger partial charge < -0.3 is 4.42 Å². The Hall–Kier alpha value is -13.5. The van der Waals surface area contributed by atoms with Gasteiger partial charge in [0.05, 0.1) is 6.26 Å². The molecule has 24 rings (SSSR count). The molecule has 20 aromatic rings. The fourth-order valence-corrected chi connectivity index (χ4v) is 22.0. The molecule has 0 saturated heterocycles. The SMILES string of the molecule is CC(C)C1=CC=C2CCC3C=CC=C1C23.CC(C)c1c2ccccc2cc2ccccc12.CC(C)c1cc2ccccc2c2ccccc12.CC(C)c1ccc(C2CCCCC2)cc1.CC(C)c1ccc2cc3ccccc3cc2c1.CC(C)c1ccc2ccccc2c1.CC(C)c1cccc2cc3ccccc3cc12.CC(C)c1cccc2ccccc12.CC(C)c1ccccc1.CC(C)c1ccco1.CC(C)c1cccs1. The monoisotopic (exact) mass is 1980 g/mol. The summed E-state index contributed by atoms with van der Waals surface area (Å²) in [5, 5.41) is 29.1. The van der Waals surface area contributed by atoms with E-state index in [1.54, 1.807) is 28.5 Å². The van der Waals surface area contributed by atoms with Crippen LogP contribution in [0.1, 0.15) is 323 Å². The zero-order chi connectivity index (χ0) is 106. The van der Waals surface area contributed by atoms with Crippen LogP contribution in [0.3, 0.4) is 0 Å². The quantitative estimate of drug-likeness (QED) is 0.0878. The Morgan fingerprint density at radius 3 is 1.17 bits per heavy atom. The molecule has 2 fully saturated rings. The van der Waals surface area contributed by atoms with Crippen LogP contribution < -0.4 is 0 Å². The number of hydrogen-bond donors (Lipinski definition) is 0. The Labute approximate surface area is 898 Å². The standard InChI is InChI=1S/4C17H16.C15H18.C15H22.2C13H14.C9H12.C7H10O.C7H10S/c1-12(2)17-15-9-5-3-7-13(15)11-14-8-4-6-10-16(14)17;1-12(2)17-11-13-7-3-4-8-14(13)15-9-5-6-10-16(15)17;1-12(2)16-9-5-8-15-10-13-6-3-4-7-14(13)11-17(15)16;1-12(2)13-7-8-16-10-14-5-3-4-6-15(14)11-17(16)9-13;1-10(2)13-9-8-12-7-6-11-4-3-5-14(13)15(11)12;1-12(2)13-8-10-15(11-9-13)14-6-4-3-5-7-14;1-10(2)12-9-5-7-11-6-3-4-8-13(11)12;1-10(2)12-8-7-11-5-3-4-6-13(11)9-12;1-8(2)9-6-4-3-5-7-9;2*1-6(2)7-4-3-5-8-7/h4*3-12H,1-2H3;3-5,8-11,15H,6-7H2,1-2H3;8-12,14H,3-7H2,1-2H3;2*3-10H,1-2H3;3-8H,1-2H3;2*3-6H,1-2H3. The first-order valence-electron chi connectivity index (χ1n) is 55.7. The van der Waals surface area contributed by atoms with Gasteiger partial charge in [-0.25, -0.2) is 0 Å². The van der Waals surface area contributed by atoms with Crippen LogP contribution in [0.4, 0.5) is 0 Å². The summed E-state index contributed by atoms with van der Waals surface area (Å²) in [7, 11) is 0. The van der Waals surface area contributed by atoms with Crippen molar-refractivity contribution < 1.29 is 4.42 Å². The lowest BCUT2D eigenvalue weighted by Gasteiger charge is -2.30. The lowest BCUT2D eigenvalue weighted by molar-refractivity contribution is 0.443. The molecule has 2 unspecified atom stereocenters. The van der Waals surface area contributed by atoms with Crippen molar-refractivity contribution in [3.05, 3.63) is 502 Å². The van der Waals surface area contributed by atoms with Crippen molar-refractivity contribution in [1.29, 1.82) is 0 Å². The molecule has 18 aromatic carbocycles. The number of fused-ring (bicyclic) bond motifs is 11. The van der Waals surface area contributed by atoms with E-state index in [9.17, 15) is 0 Å². The molecule has 0 N–H and O–H groups in total. The first-order valence-corrected chi connectivity index (χ1v) is 56.6. The normalized spacial score (nSPS) is 14.0. The maximum absolute atomic E-state index is 5.09. The minimum atomic E-state index is 0.519. The van der Waals surface area contributed by atoms with Crippen molar-refractivity contribution in [2.45, 2.75) is 262 Å². The smallest absolute Gasteiger partial charge is 0.106 e. The minimum Gasteiger partial charge on any atom is -0.469 e. The van der Waals surface area contributed by atoms with Gasteiger partial charge in [-0.15, -0.1) is 11.3 Å². The third kappa shape index (κ3) is 30.0. The number of rotatable bonds is 12. The molecule has 2 heteroatoms. The van der Waals surface area contributed by atoms with Crippen molar-refractivity contribution >= 4 is 119 Å². The number of benzene rings is 18. The number of furan rings is 1. The summed E-state index contributed by atoms with van der Waals surface area (Å²) in [4.78, 5) is 1.48. The van der Waals surface area contributed by atoms with Gasteiger partial charge in [-0.2, -0.15) is 0 Å². The van der Waals surface area contributed by atoms with Crippen LogP contribution >= 0.6 is 11.3 Å². The predicted molar refractivity (Wildman–Crippen MR) is 661 cm³/mol. The molecule has 764 valence electrons. The summed E-state index contributed by atoms with van der Waals surface area (Å²) in [5.41, 5.74) is 17.9. The average molecular weight is 1980 g/mol. The summed E-state index contributed by atoms with van der Waals surface area (Å²) in [5.74, 6) is 10.1. The zero-order valence-corrected chi connectivity index (χ0v) is 94.1. The average Bonchev–Trinajstić information content (AvgIpc) is 1.67. The van der Waals surface area contributed by atoms with Gasteiger partial charge in [-0.1, -0.05) is 541 Å². The van der Waals surface area contributed by atoms with Gasteiger partial charge in [0.2, 0.25) is 0 Å². The minimum absolute atomic E-state index is 0.519. The number of thiophene rings is 1. The molecule has 4 aliphatic rings. The molecule has 2 saturated carbocycles. The second-order valence-corrected chi connectivity index (χ2v) is 45.4. The molecule has 2 heterocycles. The molecule has 1 nitrogen and oxygen atoms in total. The fourth-order valence-electron chi connectivity index (χ4n) is 21.3. The molecule has 2 atom stereocenters. The highest BCUT2D eigenvalue weighted by Gasteiger charge is 2.37. The second kappa shape index (κ2) is 54.6. The second-order valence-electron chi connectivity index (χ2n) is 44.4. The Kier molecular flexibility index (Phi) is 40.7. The lowest BCUT2D eigenvalue weighted by Crippen LogP contribution is -2.18. The van der Waals surface area contributed by atoms with E-state index in [0.717, 1.165) is 23.5 Å². The highest BCUT2D eigenvalue weighted by Crippen LogP contribution is 2.50. The largest absolute Gasteiger partial charge is 0.469 e. The topological polar surface area (TPSA) is 13.1 Å². The molecule has 2 aromatic heterocycles. The summed E-state index contributed by atoms with van der Waals surface area (Å²) in [6.07, 6.45) is 23.2. The summed E-state index contributed by atoms with van der Waals surface area (Å²) in [6, 6.07) is 137. The third-order valence-corrected chi connectivity index (χ3v) is 31.0. The number of allylic oxidation sites excluding steroid dienone is 8. The fraction of sp³-hybridized carbons (Fsp3) is 0.293. The van der Waals surface area contributed by atoms with E-state index in [-0.39, 0.29) is 0 Å². The molecule has 149 heavy (non-hydrogen) atoms. The highest BCUT2D eigenvalue weighted by atomic mass is 32.1. The summed E-state index contributed by atoms with van der Waals surface area (Å²) >= 11 is 1.83. The van der Waals surface area contributed by atoms with Crippen LogP contribution in [0.15, 0.2) is 445 Å². The van der Waals surface area contributed by atoms with Gasteiger partial charge in [0, 0.05) is 16.7 Å². The Morgan fingerprint density at radius 2 is 0.671 bits per heavy atom. The van der Waals surface area contributed by atoms with E-state index < -0.39 is 0 Å². The van der Waals surface area contributed by atoms with Gasteiger partial charge in [0.1, 0.15) is 5.76 Å². The van der Waals surface area contributed by atoms with Crippen LogP contribution in [0.25, 0.3) is 108 Å². The van der Waals surface area contributed by atoms with Crippen LogP contribution in [0, 0.1) is 17.8 Å². The molecule has 0 aliphatic heterocycles. The molecular formula is C147H164OS. The molecular weight excluding hydrogens is 1810 g/mol. The predicted octanol–water partition coefficient (Wildman–Crippen LogP) is 45.4. The van der Waals surface area contributed by atoms with Crippen molar-refractivity contribution in [2.75, 3.05) is 0 Å². The molecule has 0 spiro atoms. The first kappa shape index (κ1) is 111. The maximum atomic E-state index is 5.09. The van der Waals surface area contributed by atoms with E-state index in [2.05, 4.69) is 552 Å². The van der Waals surface area contributed by atoms with Crippen molar-refractivity contribution in [3.8, 4) is 0 Å². The van der Waals surface area contributed by atoms with Gasteiger partial charge in [-0.3, -0.25) is 0 Å². The van der Waals surface area contributed by atoms with E-state index in [0.29, 0.717) is 65.1 Å². The summed E-state index contributed by atoms with van der Waals surface area (Å²) in [6.45, 7) is 49.2. The van der Waals surface area contributed by atoms with Crippen molar-refractivity contribution in [2.24, 2.45) is 17.8 Å². The van der Waals surface area contributed by atoms with Crippen molar-refractivity contribution in [3.63, 3.8) is 0 Å². The molecule has 0 radical (unpaired) electrons. The van der Waals surface area contributed by atoms with Crippen LogP contribution in [0.2, 0.25) is 0 Å². The van der Waals surface area contributed by atoms with Crippen molar-refractivity contribution in [1.82, 2.24) is 0 Å². The van der Waals surface area contributed by atoms with Crippen LogP contribution in [-0.2, 0) is 0 Å². The van der Waals surface area contributed by atoms with Crippen LogP contribution in [0.5, 0.6) is 0 Å². The zero-order valence-electron chi connectivity index (χ0n) is 93.3. The third-order valence-electron chi connectivity index (χ3n) is 29.9. The number of hydrogen-bond acceptors (Lipinski definition) is 2. The van der Waals surface area contributed by atoms with E-state index in [1.807, 2.05) is 29.5 Å². The Morgan fingerprint density at radius 1 is 0.248 bits per heavy atom. The van der Waals surface area contributed by atoms with Gasteiger partial charge in [0.15, 0.2) is 0 Å². The van der Waals surface area contributed by atoms with E-state index in [1.165, 1.54) is 202 Å². The lowest BCUT2D eigenvalue weighted by atomic mass is 9.74.